The molecule has 0 saturated heterocycles. The minimum atomic E-state index is -0.611. The van der Waals surface area contributed by atoms with E-state index in [9.17, 15) is 5.26 Å². The monoisotopic (exact) mass is 359 g/mol. The molecule has 0 radical (unpaired) electrons. The van der Waals surface area contributed by atoms with Crippen LogP contribution < -0.4 is 0 Å². The van der Waals surface area contributed by atoms with Gasteiger partial charge in [0.25, 0.3) is 0 Å². The second kappa shape index (κ2) is 7.94. The molecule has 4 aromatic carbocycles. The van der Waals surface area contributed by atoms with Gasteiger partial charge in [-0.05, 0) is 22.3 Å². The van der Waals surface area contributed by atoms with E-state index < -0.39 is 5.41 Å². The molecule has 4 rings (SSSR count). The van der Waals surface area contributed by atoms with Crippen LogP contribution in [0.25, 0.3) is 0 Å². The molecule has 0 spiro atoms. The van der Waals surface area contributed by atoms with Crippen LogP contribution in [-0.4, -0.2) is 0 Å². The number of nitriles is 1. The third-order valence-electron chi connectivity index (χ3n) is 5.38. The fourth-order valence-electron chi connectivity index (χ4n) is 4.17. The van der Waals surface area contributed by atoms with E-state index in [1.807, 2.05) is 36.4 Å². The van der Waals surface area contributed by atoms with Crippen LogP contribution in [0.4, 0.5) is 0 Å². The van der Waals surface area contributed by atoms with Gasteiger partial charge in [-0.25, -0.2) is 0 Å². The summed E-state index contributed by atoms with van der Waals surface area (Å²) >= 11 is 0. The molecule has 0 amide bonds. The summed E-state index contributed by atoms with van der Waals surface area (Å²) in [6.45, 7) is 0. The zero-order chi connectivity index (χ0) is 19.2. The summed E-state index contributed by atoms with van der Waals surface area (Å²) in [5.74, 6) is -0.374. The van der Waals surface area contributed by atoms with Gasteiger partial charge in [0.2, 0.25) is 0 Å². The van der Waals surface area contributed by atoms with Crippen LogP contribution in [0, 0.1) is 11.3 Å². The third-order valence-corrected chi connectivity index (χ3v) is 5.38. The van der Waals surface area contributed by atoms with Crippen molar-refractivity contribution in [1.29, 1.82) is 5.26 Å². The van der Waals surface area contributed by atoms with Crippen molar-refractivity contribution in [3.05, 3.63) is 144 Å². The summed E-state index contributed by atoms with van der Waals surface area (Å²) < 4.78 is 0. The standard InChI is InChI=1S/C27H21N/c28-21-26(22-13-5-1-6-14-22)27(23-15-7-2-8-16-23,24-17-9-3-10-18-24)25-19-11-4-12-20-25/h1-20,26H/t26-/m0/s1. The summed E-state index contributed by atoms with van der Waals surface area (Å²) in [7, 11) is 0. The molecule has 0 N–H and O–H groups in total. The van der Waals surface area contributed by atoms with Gasteiger partial charge in [-0.2, -0.15) is 5.26 Å². The predicted molar refractivity (Wildman–Crippen MR) is 114 cm³/mol. The van der Waals surface area contributed by atoms with Crippen molar-refractivity contribution in [1.82, 2.24) is 0 Å². The number of nitrogens with zero attached hydrogens (tertiary/aromatic N) is 1. The molecule has 0 aliphatic carbocycles. The maximum absolute atomic E-state index is 10.4. The van der Waals surface area contributed by atoms with Gasteiger partial charge in [-0.1, -0.05) is 121 Å². The lowest BCUT2D eigenvalue weighted by molar-refractivity contribution is 0.558. The highest BCUT2D eigenvalue weighted by Crippen LogP contribution is 2.49. The number of rotatable bonds is 5. The SMILES string of the molecule is N#C[C@@H](c1ccccc1)C(c1ccccc1)(c1ccccc1)c1ccccc1. The minimum absolute atomic E-state index is 0.374. The van der Waals surface area contributed by atoms with E-state index in [0.717, 1.165) is 22.3 Å². The maximum Gasteiger partial charge on any atom is 0.0890 e. The molecule has 0 unspecified atom stereocenters. The highest BCUT2D eigenvalue weighted by molar-refractivity contribution is 5.56. The third kappa shape index (κ3) is 3.00. The van der Waals surface area contributed by atoms with Crippen LogP contribution in [-0.2, 0) is 5.41 Å². The molecule has 28 heavy (non-hydrogen) atoms. The molecule has 0 aliphatic heterocycles. The Morgan fingerprint density at radius 1 is 0.500 bits per heavy atom. The number of benzene rings is 4. The van der Waals surface area contributed by atoms with Gasteiger partial charge < -0.3 is 0 Å². The Balaban J connectivity index is 2.12. The van der Waals surface area contributed by atoms with Crippen LogP contribution in [0.2, 0.25) is 0 Å². The Morgan fingerprint density at radius 2 is 0.821 bits per heavy atom. The van der Waals surface area contributed by atoms with Crippen LogP contribution in [0.15, 0.2) is 121 Å². The molecule has 134 valence electrons. The largest absolute Gasteiger partial charge is 0.198 e. The second-order valence-corrected chi connectivity index (χ2v) is 6.88. The van der Waals surface area contributed by atoms with E-state index in [1.54, 1.807) is 0 Å². The fraction of sp³-hybridized carbons (Fsp3) is 0.0741. The van der Waals surface area contributed by atoms with Crippen molar-refractivity contribution in [3.8, 4) is 6.07 Å². The van der Waals surface area contributed by atoms with E-state index in [-0.39, 0.29) is 5.92 Å². The second-order valence-electron chi connectivity index (χ2n) is 6.88. The lowest BCUT2D eigenvalue weighted by atomic mass is 9.60. The molecule has 0 fully saturated rings. The fourth-order valence-corrected chi connectivity index (χ4v) is 4.17. The quantitative estimate of drug-likeness (QED) is 0.382. The van der Waals surface area contributed by atoms with Crippen molar-refractivity contribution in [3.63, 3.8) is 0 Å². The Morgan fingerprint density at radius 3 is 1.14 bits per heavy atom. The predicted octanol–water partition coefficient (Wildman–Crippen LogP) is 6.33. The Bertz CT molecular complexity index is 952. The normalized spacial score (nSPS) is 12.1. The Hall–Kier alpha value is -3.63. The summed E-state index contributed by atoms with van der Waals surface area (Å²) in [4.78, 5) is 0. The first-order valence-electron chi connectivity index (χ1n) is 9.48. The molecular formula is C27H21N. The van der Waals surface area contributed by atoms with Crippen LogP contribution in [0.5, 0.6) is 0 Å². The summed E-state index contributed by atoms with van der Waals surface area (Å²) in [5, 5.41) is 10.4. The van der Waals surface area contributed by atoms with E-state index >= 15 is 0 Å². The molecule has 1 nitrogen and oxygen atoms in total. The molecule has 0 aromatic heterocycles. The van der Waals surface area contributed by atoms with Gasteiger partial charge in [0.05, 0.1) is 17.4 Å². The highest BCUT2D eigenvalue weighted by atomic mass is 14.5. The average Bonchev–Trinajstić information content (AvgIpc) is 2.80. The zero-order valence-corrected chi connectivity index (χ0v) is 15.6. The van der Waals surface area contributed by atoms with Crippen molar-refractivity contribution in [2.24, 2.45) is 0 Å². The first-order chi connectivity index (χ1) is 13.9. The molecule has 4 aromatic rings. The lowest BCUT2D eigenvalue weighted by Gasteiger charge is -2.40. The first kappa shape index (κ1) is 17.8. The van der Waals surface area contributed by atoms with Gasteiger partial charge in [0.15, 0.2) is 0 Å². The molecule has 1 heteroatoms. The topological polar surface area (TPSA) is 23.8 Å². The summed E-state index contributed by atoms with van der Waals surface area (Å²) in [6.07, 6.45) is 0. The number of hydrogen-bond acceptors (Lipinski definition) is 1. The van der Waals surface area contributed by atoms with E-state index in [1.165, 1.54) is 0 Å². The zero-order valence-electron chi connectivity index (χ0n) is 15.6. The first-order valence-corrected chi connectivity index (χ1v) is 9.48. The molecule has 0 bridgehead atoms. The molecule has 0 aliphatic rings. The van der Waals surface area contributed by atoms with Gasteiger partial charge in [-0.3, -0.25) is 0 Å². The molecular weight excluding hydrogens is 338 g/mol. The van der Waals surface area contributed by atoms with Gasteiger partial charge in [-0.15, -0.1) is 0 Å². The smallest absolute Gasteiger partial charge is 0.0890 e. The number of hydrogen-bond donors (Lipinski definition) is 0. The van der Waals surface area contributed by atoms with Gasteiger partial charge >= 0.3 is 0 Å². The van der Waals surface area contributed by atoms with Gasteiger partial charge in [0, 0.05) is 0 Å². The van der Waals surface area contributed by atoms with E-state index in [4.69, 9.17) is 0 Å². The van der Waals surface area contributed by atoms with Crippen molar-refractivity contribution >= 4 is 0 Å². The van der Waals surface area contributed by atoms with Gasteiger partial charge in [0.1, 0.15) is 0 Å². The van der Waals surface area contributed by atoms with E-state index in [2.05, 4.69) is 91.0 Å². The highest BCUT2D eigenvalue weighted by Gasteiger charge is 2.44. The lowest BCUT2D eigenvalue weighted by Crippen LogP contribution is -2.36. The minimum Gasteiger partial charge on any atom is -0.198 e. The summed E-state index contributed by atoms with van der Waals surface area (Å²) in [6, 6.07) is 43.9. The Labute approximate surface area is 166 Å². The van der Waals surface area contributed by atoms with Crippen molar-refractivity contribution < 1.29 is 0 Å². The van der Waals surface area contributed by atoms with Crippen LogP contribution in [0.3, 0.4) is 0 Å². The van der Waals surface area contributed by atoms with Crippen molar-refractivity contribution in [2.45, 2.75) is 11.3 Å². The van der Waals surface area contributed by atoms with Crippen LogP contribution >= 0.6 is 0 Å². The van der Waals surface area contributed by atoms with Crippen LogP contribution in [0.1, 0.15) is 28.2 Å². The van der Waals surface area contributed by atoms with Crippen molar-refractivity contribution in [2.75, 3.05) is 0 Å². The molecule has 0 heterocycles. The van der Waals surface area contributed by atoms with E-state index in [0.29, 0.717) is 0 Å². The summed E-state index contributed by atoms with van der Waals surface area (Å²) in [5.41, 5.74) is 3.75. The molecule has 1 atom stereocenters. The average molecular weight is 359 g/mol. The molecule has 0 saturated carbocycles. The maximum atomic E-state index is 10.4. The Kier molecular flexibility index (Phi) is 5.04.